The molecule has 68 valence electrons. The summed E-state index contributed by atoms with van der Waals surface area (Å²) in [5, 5.41) is 3.43. The fourth-order valence-corrected chi connectivity index (χ4v) is 2.23. The summed E-state index contributed by atoms with van der Waals surface area (Å²) in [6, 6.07) is 0. The van der Waals surface area contributed by atoms with Crippen LogP contribution in [0.5, 0.6) is 0 Å². The van der Waals surface area contributed by atoms with Crippen molar-refractivity contribution in [1.82, 2.24) is 5.32 Å². The van der Waals surface area contributed by atoms with Gasteiger partial charge in [0.15, 0.2) is 0 Å². The summed E-state index contributed by atoms with van der Waals surface area (Å²) in [6.45, 7) is 0.995. The average molecular weight is 169 g/mol. The summed E-state index contributed by atoms with van der Waals surface area (Å²) in [4.78, 5) is 11.0. The van der Waals surface area contributed by atoms with E-state index in [4.69, 9.17) is 0 Å². The third-order valence-electron chi connectivity index (χ3n) is 3.37. The van der Waals surface area contributed by atoms with E-state index >= 15 is 0 Å². The van der Waals surface area contributed by atoms with Gasteiger partial charge in [-0.3, -0.25) is 4.79 Å². The highest BCUT2D eigenvalue weighted by atomic mass is 16.5. The Morgan fingerprint density at radius 2 is 2.42 bits per heavy atom. The number of hydrogen-bond donors (Lipinski definition) is 1. The van der Waals surface area contributed by atoms with Gasteiger partial charge in [-0.25, -0.2) is 0 Å². The smallest absolute Gasteiger partial charge is 0.305 e. The molecule has 0 aromatic rings. The van der Waals surface area contributed by atoms with E-state index in [0.29, 0.717) is 17.9 Å². The molecule has 2 rings (SSSR count). The van der Waals surface area contributed by atoms with E-state index in [0.717, 1.165) is 6.54 Å². The largest absolute Gasteiger partial charge is 0.469 e. The molecule has 0 bridgehead atoms. The molecule has 1 unspecified atom stereocenters. The van der Waals surface area contributed by atoms with Crippen molar-refractivity contribution in [3.8, 4) is 0 Å². The van der Waals surface area contributed by atoms with E-state index < -0.39 is 0 Å². The molecule has 0 aromatic heterocycles. The summed E-state index contributed by atoms with van der Waals surface area (Å²) in [5.74, 6) is 0.478. The SMILES string of the molecule is COC(=O)CC1CNC12CCC2. The van der Waals surface area contributed by atoms with Crippen molar-refractivity contribution in [2.24, 2.45) is 5.92 Å². The van der Waals surface area contributed by atoms with Gasteiger partial charge in [0.05, 0.1) is 13.5 Å². The molecule has 1 aliphatic carbocycles. The highest BCUT2D eigenvalue weighted by Gasteiger charge is 2.50. The standard InChI is InChI=1S/C9H15NO2/c1-12-8(11)5-7-6-10-9(7)3-2-4-9/h7,10H,2-6H2,1H3. The van der Waals surface area contributed by atoms with Crippen molar-refractivity contribution in [3.63, 3.8) is 0 Å². The van der Waals surface area contributed by atoms with Crippen LogP contribution < -0.4 is 5.32 Å². The first-order valence-corrected chi connectivity index (χ1v) is 4.59. The van der Waals surface area contributed by atoms with Crippen LogP contribution in [0.25, 0.3) is 0 Å². The van der Waals surface area contributed by atoms with Crippen molar-refractivity contribution in [2.45, 2.75) is 31.2 Å². The third kappa shape index (κ3) is 1.04. The van der Waals surface area contributed by atoms with Crippen LogP contribution in [-0.4, -0.2) is 25.2 Å². The van der Waals surface area contributed by atoms with E-state index in [-0.39, 0.29) is 5.97 Å². The molecular weight excluding hydrogens is 154 g/mol. The number of nitrogens with one attached hydrogen (secondary N) is 1. The fourth-order valence-electron chi connectivity index (χ4n) is 2.23. The minimum atomic E-state index is -0.0622. The van der Waals surface area contributed by atoms with Gasteiger partial charge >= 0.3 is 5.97 Å². The van der Waals surface area contributed by atoms with E-state index in [2.05, 4.69) is 10.1 Å². The predicted octanol–water partition coefficient (Wildman–Crippen LogP) is 0.692. The Morgan fingerprint density at radius 3 is 2.75 bits per heavy atom. The third-order valence-corrected chi connectivity index (χ3v) is 3.37. The topological polar surface area (TPSA) is 38.3 Å². The van der Waals surface area contributed by atoms with Gasteiger partial charge in [0.1, 0.15) is 0 Å². The molecule has 3 heteroatoms. The Kier molecular flexibility index (Phi) is 1.83. The summed E-state index contributed by atoms with van der Waals surface area (Å²) in [6.07, 6.45) is 4.40. The van der Waals surface area contributed by atoms with Gasteiger partial charge in [0, 0.05) is 12.1 Å². The average Bonchev–Trinajstić information content (AvgIpc) is 1.94. The molecule has 1 aliphatic heterocycles. The van der Waals surface area contributed by atoms with Crippen molar-refractivity contribution < 1.29 is 9.53 Å². The molecular formula is C9H15NO2. The lowest BCUT2D eigenvalue weighted by molar-refractivity contribution is -0.144. The molecule has 1 spiro atoms. The second kappa shape index (κ2) is 2.73. The van der Waals surface area contributed by atoms with E-state index in [9.17, 15) is 4.79 Å². The number of carbonyl (C=O) groups excluding carboxylic acids is 1. The lowest BCUT2D eigenvalue weighted by Crippen LogP contribution is -2.69. The lowest BCUT2D eigenvalue weighted by atomic mass is 9.62. The first kappa shape index (κ1) is 8.05. The summed E-state index contributed by atoms with van der Waals surface area (Å²) < 4.78 is 4.65. The van der Waals surface area contributed by atoms with Gasteiger partial charge in [0.25, 0.3) is 0 Å². The lowest BCUT2D eigenvalue weighted by Gasteiger charge is -2.56. The monoisotopic (exact) mass is 169 g/mol. The minimum Gasteiger partial charge on any atom is -0.469 e. The van der Waals surface area contributed by atoms with E-state index in [1.807, 2.05) is 0 Å². The summed E-state index contributed by atoms with van der Waals surface area (Å²) in [7, 11) is 1.46. The van der Waals surface area contributed by atoms with Crippen molar-refractivity contribution in [1.29, 1.82) is 0 Å². The van der Waals surface area contributed by atoms with Gasteiger partial charge in [-0.05, 0) is 25.2 Å². The molecule has 2 fully saturated rings. The zero-order valence-electron chi connectivity index (χ0n) is 7.43. The Balaban J connectivity index is 1.85. The number of rotatable bonds is 2. The number of esters is 1. The summed E-state index contributed by atoms with van der Waals surface area (Å²) >= 11 is 0. The molecule has 0 amide bonds. The van der Waals surface area contributed by atoms with Crippen LogP contribution in [0.1, 0.15) is 25.7 Å². The molecule has 12 heavy (non-hydrogen) atoms. The zero-order valence-corrected chi connectivity index (χ0v) is 7.43. The van der Waals surface area contributed by atoms with Gasteiger partial charge in [0.2, 0.25) is 0 Å². The molecule has 1 heterocycles. The molecule has 3 nitrogen and oxygen atoms in total. The molecule has 1 saturated heterocycles. The van der Waals surface area contributed by atoms with Crippen LogP contribution in [0.4, 0.5) is 0 Å². The Hall–Kier alpha value is -0.570. The Labute approximate surface area is 72.5 Å². The van der Waals surface area contributed by atoms with Crippen molar-refractivity contribution in [2.75, 3.05) is 13.7 Å². The van der Waals surface area contributed by atoms with Crippen molar-refractivity contribution >= 4 is 5.97 Å². The van der Waals surface area contributed by atoms with E-state index in [1.54, 1.807) is 0 Å². The van der Waals surface area contributed by atoms with Gasteiger partial charge in [-0.1, -0.05) is 0 Å². The van der Waals surface area contributed by atoms with Gasteiger partial charge < -0.3 is 10.1 Å². The zero-order chi connectivity index (χ0) is 8.60. The second-order valence-electron chi connectivity index (χ2n) is 3.87. The number of hydrogen-bond acceptors (Lipinski definition) is 3. The van der Waals surface area contributed by atoms with Crippen LogP contribution in [0, 0.1) is 5.92 Å². The second-order valence-corrected chi connectivity index (χ2v) is 3.87. The number of methoxy groups -OCH3 is 1. The maximum Gasteiger partial charge on any atom is 0.305 e. The highest BCUT2D eigenvalue weighted by molar-refractivity contribution is 5.70. The predicted molar refractivity (Wildman–Crippen MR) is 44.7 cm³/mol. The normalized spacial score (nSPS) is 30.6. The maximum atomic E-state index is 11.0. The Morgan fingerprint density at radius 1 is 1.67 bits per heavy atom. The molecule has 1 N–H and O–H groups in total. The van der Waals surface area contributed by atoms with Crippen LogP contribution in [0.2, 0.25) is 0 Å². The summed E-state index contributed by atoms with van der Waals surface area (Å²) in [5.41, 5.74) is 0.341. The molecule has 2 aliphatic rings. The van der Waals surface area contributed by atoms with Crippen LogP contribution in [0.3, 0.4) is 0 Å². The molecule has 1 saturated carbocycles. The fraction of sp³-hybridized carbons (Fsp3) is 0.889. The van der Waals surface area contributed by atoms with Gasteiger partial charge in [-0.15, -0.1) is 0 Å². The molecule has 1 atom stereocenters. The number of ether oxygens (including phenoxy) is 1. The van der Waals surface area contributed by atoms with E-state index in [1.165, 1.54) is 26.4 Å². The van der Waals surface area contributed by atoms with Crippen LogP contribution in [0.15, 0.2) is 0 Å². The minimum absolute atomic E-state index is 0.0622. The first-order chi connectivity index (χ1) is 5.77. The van der Waals surface area contributed by atoms with Crippen LogP contribution in [-0.2, 0) is 9.53 Å². The maximum absolute atomic E-state index is 11.0. The molecule has 0 radical (unpaired) electrons. The van der Waals surface area contributed by atoms with Crippen molar-refractivity contribution in [3.05, 3.63) is 0 Å². The van der Waals surface area contributed by atoms with Crippen LogP contribution >= 0.6 is 0 Å². The van der Waals surface area contributed by atoms with Gasteiger partial charge in [-0.2, -0.15) is 0 Å². The Bertz CT molecular complexity index is 193. The quantitative estimate of drug-likeness (QED) is 0.618. The molecule has 0 aromatic carbocycles. The first-order valence-electron chi connectivity index (χ1n) is 4.59. The number of carbonyl (C=O) groups is 1. The highest BCUT2D eigenvalue weighted by Crippen LogP contribution is 2.45.